The molecule has 0 spiro atoms. The van der Waals surface area contributed by atoms with Crippen LogP contribution in [-0.2, 0) is 24.1 Å². The molecule has 0 aromatic heterocycles. The summed E-state index contributed by atoms with van der Waals surface area (Å²) < 4.78 is 46.8. The van der Waals surface area contributed by atoms with E-state index in [1.165, 1.54) is 24.3 Å². The number of nitrogens with one attached hydrogen (secondary N) is 2. The van der Waals surface area contributed by atoms with Crippen LogP contribution in [0.5, 0.6) is 0 Å². The second kappa shape index (κ2) is 11.4. The summed E-state index contributed by atoms with van der Waals surface area (Å²) in [5, 5.41) is 5.01. The van der Waals surface area contributed by atoms with E-state index in [-0.39, 0.29) is 17.1 Å². The van der Waals surface area contributed by atoms with Crippen LogP contribution in [0.2, 0.25) is 0 Å². The highest BCUT2D eigenvalue weighted by Gasteiger charge is 2.31. The molecule has 0 aliphatic heterocycles. The molecule has 0 fully saturated rings. The number of amides is 1. The van der Waals surface area contributed by atoms with Crippen LogP contribution in [0.25, 0.3) is 0 Å². The van der Waals surface area contributed by atoms with Crippen molar-refractivity contribution in [2.45, 2.75) is 21.9 Å². The van der Waals surface area contributed by atoms with Crippen molar-refractivity contribution >= 4 is 45.1 Å². The third-order valence-corrected chi connectivity index (χ3v) is 5.01. The van der Waals surface area contributed by atoms with Gasteiger partial charge in [-0.05, 0) is 24.7 Å². The van der Waals surface area contributed by atoms with Gasteiger partial charge in [0, 0.05) is 12.8 Å². The van der Waals surface area contributed by atoms with Gasteiger partial charge >= 0.3 is 6.16 Å². The minimum atomic E-state index is -3.46. The van der Waals surface area contributed by atoms with Crippen LogP contribution >= 0.6 is 23.2 Å². The summed E-state index contributed by atoms with van der Waals surface area (Å²) in [7, 11) is -1.80. The molecule has 1 amide bonds. The maximum absolute atomic E-state index is 13.6. The molecule has 1 aromatic rings. The van der Waals surface area contributed by atoms with E-state index in [1.54, 1.807) is 7.05 Å². The van der Waals surface area contributed by atoms with Crippen molar-refractivity contribution in [2.75, 3.05) is 33.1 Å². The Morgan fingerprint density at radius 1 is 1.21 bits per heavy atom. The number of carbonyl (C=O) groups is 2. The Kier molecular flexibility index (Phi) is 9.94. The Morgan fingerprint density at radius 3 is 2.29 bits per heavy atom. The van der Waals surface area contributed by atoms with Crippen LogP contribution in [0, 0.1) is 0 Å². The van der Waals surface area contributed by atoms with E-state index in [0.717, 1.165) is 6.26 Å². The van der Waals surface area contributed by atoms with Crippen LogP contribution in [0.3, 0.4) is 0 Å². The fourth-order valence-electron chi connectivity index (χ4n) is 2.10. The Balaban J connectivity index is 3.11. The summed E-state index contributed by atoms with van der Waals surface area (Å²) in [5.41, 5.74) is 0.238. The van der Waals surface area contributed by atoms with Crippen molar-refractivity contribution < 1.29 is 31.9 Å². The predicted molar refractivity (Wildman–Crippen MR) is 102 cm³/mol. The molecule has 0 heterocycles. The Labute approximate surface area is 172 Å². The first kappa shape index (κ1) is 24.4. The molecule has 0 bridgehead atoms. The number of halogens is 3. The number of alkyl halides is 3. The lowest BCUT2D eigenvalue weighted by atomic mass is 10.0. The lowest BCUT2D eigenvalue weighted by Crippen LogP contribution is -2.44. The summed E-state index contributed by atoms with van der Waals surface area (Å²) in [6.07, 6.45) is -1.37. The molecule has 8 nitrogen and oxygen atoms in total. The van der Waals surface area contributed by atoms with Crippen molar-refractivity contribution in [3.05, 3.63) is 29.8 Å². The minimum absolute atomic E-state index is 0.00710. The first-order chi connectivity index (χ1) is 13.1. The van der Waals surface area contributed by atoms with Crippen LogP contribution in [0.15, 0.2) is 29.2 Å². The largest absolute Gasteiger partial charge is 0.509 e. The van der Waals surface area contributed by atoms with E-state index in [0.29, 0.717) is 6.54 Å². The molecule has 0 radical (unpaired) electrons. The lowest BCUT2D eigenvalue weighted by molar-refractivity contribution is -0.121. The molecule has 1 aromatic carbocycles. The van der Waals surface area contributed by atoms with Gasteiger partial charge in [-0.2, -0.15) is 0 Å². The van der Waals surface area contributed by atoms with Gasteiger partial charge in [0.15, 0.2) is 20.8 Å². The van der Waals surface area contributed by atoms with E-state index < -0.39 is 45.6 Å². The number of carbonyl (C=O) groups excluding carboxylic acids is 2. The first-order valence-corrected chi connectivity index (χ1v) is 10.8. The van der Waals surface area contributed by atoms with Crippen molar-refractivity contribution in [3.63, 3.8) is 0 Å². The predicted octanol–water partition coefficient (Wildman–Crippen LogP) is 1.76. The molecule has 158 valence electrons. The third-order valence-electron chi connectivity index (χ3n) is 3.49. The molecule has 12 heteroatoms. The summed E-state index contributed by atoms with van der Waals surface area (Å²) in [6, 6.07) is 3.91. The fourth-order valence-corrected chi connectivity index (χ4v) is 2.86. The Hall–Kier alpha value is -1.62. The average molecular weight is 459 g/mol. The standard InChI is InChI=1S/C16H21Cl2FN2O6S/c1-20-7-8-26-16(23)27-13(12(9-19)21-15(22)14(17)18)10-3-5-11(6-4-10)28(2,24)25/h3-6,12-14,20H,7-9H2,1-2H3,(H,21,22). The zero-order chi connectivity index (χ0) is 21.3. The molecule has 0 aliphatic carbocycles. The van der Waals surface area contributed by atoms with E-state index >= 15 is 0 Å². The molecule has 2 N–H and O–H groups in total. The minimum Gasteiger partial charge on any atom is -0.433 e. The Bertz CT molecular complexity index is 761. The van der Waals surface area contributed by atoms with Crippen LogP contribution in [0.4, 0.5) is 9.18 Å². The van der Waals surface area contributed by atoms with Gasteiger partial charge in [0.05, 0.1) is 10.9 Å². The van der Waals surface area contributed by atoms with Gasteiger partial charge in [0.1, 0.15) is 13.3 Å². The van der Waals surface area contributed by atoms with Crippen LogP contribution in [0.1, 0.15) is 11.7 Å². The second-order valence-corrected chi connectivity index (χ2v) is 8.76. The van der Waals surface area contributed by atoms with E-state index in [9.17, 15) is 22.4 Å². The monoisotopic (exact) mass is 458 g/mol. The van der Waals surface area contributed by atoms with Gasteiger partial charge in [0.25, 0.3) is 5.91 Å². The molecule has 1 rings (SSSR count). The number of likely N-dealkylation sites (N-methyl/N-ethyl adjacent to an activating group) is 1. The van der Waals surface area contributed by atoms with Gasteiger partial charge in [-0.15, -0.1) is 0 Å². The smallest absolute Gasteiger partial charge is 0.433 e. The SMILES string of the molecule is CNCCOC(=O)OC(c1ccc(S(C)(=O)=O)cc1)C(CF)NC(=O)C(Cl)Cl. The molecule has 0 aliphatic rings. The number of hydrogen-bond acceptors (Lipinski definition) is 7. The van der Waals surface area contributed by atoms with Crippen LogP contribution < -0.4 is 10.6 Å². The van der Waals surface area contributed by atoms with Gasteiger partial charge in [-0.25, -0.2) is 17.6 Å². The van der Waals surface area contributed by atoms with Crippen molar-refractivity contribution in [1.29, 1.82) is 0 Å². The lowest BCUT2D eigenvalue weighted by Gasteiger charge is -2.26. The summed E-state index contributed by atoms with van der Waals surface area (Å²) in [4.78, 5) is 22.2. The highest BCUT2D eigenvalue weighted by Crippen LogP contribution is 2.25. The van der Waals surface area contributed by atoms with Crippen molar-refractivity contribution in [3.8, 4) is 0 Å². The van der Waals surface area contributed by atoms with Gasteiger partial charge in [-0.3, -0.25) is 4.79 Å². The molecule has 28 heavy (non-hydrogen) atoms. The van der Waals surface area contributed by atoms with Crippen molar-refractivity contribution in [1.82, 2.24) is 10.6 Å². The van der Waals surface area contributed by atoms with Gasteiger partial charge in [0.2, 0.25) is 0 Å². The zero-order valence-corrected chi connectivity index (χ0v) is 17.5. The fraction of sp³-hybridized carbons (Fsp3) is 0.500. The third kappa shape index (κ3) is 7.78. The van der Waals surface area contributed by atoms with Crippen LogP contribution in [-0.4, -0.2) is 64.5 Å². The summed E-state index contributed by atoms with van der Waals surface area (Å²) in [5.74, 6) is -0.879. The molecular formula is C16H21Cl2FN2O6S. The molecule has 2 unspecified atom stereocenters. The Morgan fingerprint density at radius 2 is 1.82 bits per heavy atom. The quantitative estimate of drug-likeness (QED) is 0.312. The highest BCUT2D eigenvalue weighted by molar-refractivity contribution is 7.90. The zero-order valence-electron chi connectivity index (χ0n) is 15.2. The van der Waals surface area contributed by atoms with Gasteiger partial charge < -0.3 is 20.1 Å². The maximum atomic E-state index is 13.6. The van der Waals surface area contributed by atoms with Crippen molar-refractivity contribution in [2.24, 2.45) is 0 Å². The number of ether oxygens (including phenoxy) is 2. The molecule has 2 atom stereocenters. The topological polar surface area (TPSA) is 111 Å². The molecule has 0 saturated heterocycles. The summed E-state index contributed by atoms with van der Waals surface area (Å²) >= 11 is 10.9. The molecule has 0 saturated carbocycles. The molecular weight excluding hydrogens is 438 g/mol. The normalized spacial score (nSPS) is 13.6. The number of hydrogen-bond donors (Lipinski definition) is 2. The summed E-state index contributed by atoms with van der Waals surface area (Å²) in [6.45, 7) is -0.742. The maximum Gasteiger partial charge on any atom is 0.509 e. The number of rotatable bonds is 10. The number of benzene rings is 1. The average Bonchev–Trinajstić information content (AvgIpc) is 2.63. The highest BCUT2D eigenvalue weighted by atomic mass is 35.5. The van der Waals surface area contributed by atoms with E-state index in [4.69, 9.17) is 32.7 Å². The first-order valence-electron chi connectivity index (χ1n) is 8.02. The number of sulfone groups is 1. The second-order valence-electron chi connectivity index (χ2n) is 5.65. The van der Waals surface area contributed by atoms with E-state index in [2.05, 4.69) is 10.6 Å². The van der Waals surface area contributed by atoms with Gasteiger partial charge in [-0.1, -0.05) is 35.3 Å². The van der Waals surface area contributed by atoms with E-state index in [1.807, 2.05) is 0 Å².